The van der Waals surface area contributed by atoms with Crippen molar-refractivity contribution in [2.45, 2.75) is 39.2 Å². The first-order valence-corrected chi connectivity index (χ1v) is 6.09. The number of nitrogens with zero attached hydrogens (tertiary/aromatic N) is 1. The molecule has 1 aliphatic heterocycles. The molecule has 0 spiro atoms. The van der Waals surface area contributed by atoms with Crippen LogP contribution in [0.3, 0.4) is 0 Å². The Morgan fingerprint density at radius 2 is 2.25 bits per heavy atom. The maximum atomic E-state index is 12.2. The Hall–Kier alpha value is -0.610. The molecule has 1 rings (SSSR count). The minimum atomic E-state index is -0.178. The van der Waals surface area contributed by atoms with Crippen LogP contribution in [0.1, 0.15) is 33.6 Å². The largest absolute Gasteiger partial charge is 0.377 e. The minimum Gasteiger partial charge on any atom is -0.377 e. The molecule has 1 saturated heterocycles. The number of ether oxygens (including phenoxy) is 1. The summed E-state index contributed by atoms with van der Waals surface area (Å²) in [4.78, 5) is 14.1. The molecule has 1 unspecified atom stereocenters. The Balaban J connectivity index is 2.58. The summed E-state index contributed by atoms with van der Waals surface area (Å²) < 4.78 is 5.40. The van der Waals surface area contributed by atoms with Gasteiger partial charge in [-0.3, -0.25) is 4.79 Å². The Morgan fingerprint density at radius 1 is 1.56 bits per heavy atom. The van der Waals surface area contributed by atoms with Crippen LogP contribution in [0.4, 0.5) is 0 Å². The normalized spacial score (nSPS) is 21.9. The van der Waals surface area contributed by atoms with Crippen molar-refractivity contribution in [1.29, 1.82) is 0 Å². The van der Waals surface area contributed by atoms with Crippen LogP contribution in [0.15, 0.2) is 0 Å². The van der Waals surface area contributed by atoms with Crippen LogP contribution >= 0.6 is 0 Å². The SMILES string of the molecule is CCC(CN)CC(=O)N1CCOCC1(C)C. The molecule has 4 nitrogen and oxygen atoms in total. The average Bonchev–Trinajstić information content (AvgIpc) is 2.24. The van der Waals surface area contributed by atoms with Gasteiger partial charge in [-0.05, 0) is 26.3 Å². The first kappa shape index (κ1) is 13.5. The van der Waals surface area contributed by atoms with Gasteiger partial charge < -0.3 is 15.4 Å². The molecule has 94 valence electrons. The van der Waals surface area contributed by atoms with E-state index in [1.165, 1.54) is 0 Å². The van der Waals surface area contributed by atoms with Gasteiger partial charge in [0.2, 0.25) is 5.91 Å². The van der Waals surface area contributed by atoms with Gasteiger partial charge in [0.15, 0.2) is 0 Å². The quantitative estimate of drug-likeness (QED) is 0.781. The highest BCUT2D eigenvalue weighted by molar-refractivity contribution is 5.77. The number of amides is 1. The lowest BCUT2D eigenvalue weighted by Crippen LogP contribution is -2.55. The van der Waals surface area contributed by atoms with Crippen LogP contribution < -0.4 is 5.73 Å². The van der Waals surface area contributed by atoms with Crippen molar-refractivity contribution in [1.82, 2.24) is 4.90 Å². The van der Waals surface area contributed by atoms with Gasteiger partial charge in [0.1, 0.15) is 0 Å². The first-order chi connectivity index (χ1) is 7.51. The summed E-state index contributed by atoms with van der Waals surface area (Å²) in [6.45, 7) is 8.74. The fourth-order valence-corrected chi connectivity index (χ4v) is 2.07. The fourth-order valence-electron chi connectivity index (χ4n) is 2.07. The van der Waals surface area contributed by atoms with Crippen LogP contribution in [0, 0.1) is 5.92 Å². The molecule has 0 saturated carbocycles. The molecule has 1 heterocycles. The van der Waals surface area contributed by atoms with Gasteiger partial charge in [0, 0.05) is 13.0 Å². The zero-order valence-electron chi connectivity index (χ0n) is 10.7. The van der Waals surface area contributed by atoms with Crippen LogP contribution in [0.2, 0.25) is 0 Å². The van der Waals surface area contributed by atoms with E-state index in [9.17, 15) is 4.79 Å². The van der Waals surface area contributed by atoms with E-state index in [4.69, 9.17) is 10.5 Å². The summed E-state index contributed by atoms with van der Waals surface area (Å²) >= 11 is 0. The van der Waals surface area contributed by atoms with Crippen LogP contribution in [-0.4, -0.2) is 42.6 Å². The number of hydrogen-bond donors (Lipinski definition) is 1. The number of morpholine rings is 1. The summed E-state index contributed by atoms with van der Waals surface area (Å²) in [5, 5.41) is 0. The summed E-state index contributed by atoms with van der Waals surface area (Å²) in [7, 11) is 0. The van der Waals surface area contributed by atoms with Crippen molar-refractivity contribution in [3.05, 3.63) is 0 Å². The number of rotatable bonds is 4. The third-order valence-electron chi connectivity index (χ3n) is 3.32. The van der Waals surface area contributed by atoms with Crippen LogP contribution in [0.5, 0.6) is 0 Å². The summed E-state index contributed by atoms with van der Waals surface area (Å²) in [6, 6.07) is 0. The second kappa shape index (κ2) is 5.64. The van der Waals surface area contributed by atoms with E-state index in [1.54, 1.807) is 0 Å². The molecular weight excluding hydrogens is 204 g/mol. The molecular formula is C12H24N2O2. The number of carbonyl (C=O) groups excluding carboxylic acids is 1. The third kappa shape index (κ3) is 3.19. The minimum absolute atomic E-state index is 0.178. The molecule has 1 atom stereocenters. The molecule has 0 aromatic carbocycles. The Morgan fingerprint density at radius 3 is 2.75 bits per heavy atom. The maximum Gasteiger partial charge on any atom is 0.223 e. The second-order valence-corrected chi connectivity index (χ2v) is 5.12. The van der Waals surface area contributed by atoms with Crippen molar-refractivity contribution < 1.29 is 9.53 Å². The zero-order chi connectivity index (χ0) is 12.2. The number of nitrogens with two attached hydrogens (primary N) is 1. The predicted octanol–water partition coefficient (Wildman–Crippen LogP) is 0.999. The van der Waals surface area contributed by atoms with E-state index in [1.807, 2.05) is 18.7 Å². The van der Waals surface area contributed by atoms with E-state index >= 15 is 0 Å². The van der Waals surface area contributed by atoms with E-state index in [2.05, 4.69) is 6.92 Å². The van der Waals surface area contributed by atoms with Gasteiger partial charge in [-0.1, -0.05) is 13.3 Å². The zero-order valence-corrected chi connectivity index (χ0v) is 10.7. The molecule has 0 aromatic heterocycles. The summed E-state index contributed by atoms with van der Waals surface area (Å²) in [5.74, 6) is 0.525. The van der Waals surface area contributed by atoms with Crippen molar-refractivity contribution >= 4 is 5.91 Å². The Bertz CT molecular complexity index is 237. The molecule has 1 amide bonds. The van der Waals surface area contributed by atoms with E-state index in [0.29, 0.717) is 38.6 Å². The molecule has 1 fully saturated rings. The van der Waals surface area contributed by atoms with Crippen molar-refractivity contribution in [2.75, 3.05) is 26.3 Å². The number of carbonyl (C=O) groups is 1. The molecule has 0 radical (unpaired) electrons. The highest BCUT2D eigenvalue weighted by Crippen LogP contribution is 2.21. The first-order valence-electron chi connectivity index (χ1n) is 6.09. The second-order valence-electron chi connectivity index (χ2n) is 5.12. The predicted molar refractivity (Wildman–Crippen MR) is 64.1 cm³/mol. The molecule has 0 aromatic rings. The molecule has 2 N–H and O–H groups in total. The van der Waals surface area contributed by atoms with Gasteiger partial charge in [-0.2, -0.15) is 0 Å². The van der Waals surface area contributed by atoms with Gasteiger partial charge >= 0.3 is 0 Å². The molecule has 0 bridgehead atoms. The monoisotopic (exact) mass is 228 g/mol. The third-order valence-corrected chi connectivity index (χ3v) is 3.32. The molecule has 1 aliphatic rings. The van der Waals surface area contributed by atoms with E-state index in [0.717, 1.165) is 6.42 Å². The van der Waals surface area contributed by atoms with Gasteiger partial charge in [0.05, 0.1) is 18.8 Å². The van der Waals surface area contributed by atoms with Gasteiger partial charge in [-0.15, -0.1) is 0 Å². The highest BCUT2D eigenvalue weighted by Gasteiger charge is 2.34. The van der Waals surface area contributed by atoms with Gasteiger partial charge in [-0.25, -0.2) is 0 Å². The van der Waals surface area contributed by atoms with Crippen molar-refractivity contribution in [3.8, 4) is 0 Å². The van der Waals surface area contributed by atoms with E-state index in [-0.39, 0.29) is 11.4 Å². The molecule has 4 heteroatoms. The lowest BCUT2D eigenvalue weighted by molar-refractivity contribution is -0.147. The maximum absolute atomic E-state index is 12.2. The topological polar surface area (TPSA) is 55.6 Å². The summed E-state index contributed by atoms with van der Waals surface area (Å²) in [5.41, 5.74) is 5.45. The molecule has 16 heavy (non-hydrogen) atoms. The standard InChI is InChI=1S/C12H24N2O2/c1-4-10(8-13)7-11(15)14-5-6-16-9-12(14,2)3/h10H,4-9,13H2,1-3H3. The highest BCUT2D eigenvalue weighted by atomic mass is 16.5. The number of hydrogen-bond acceptors (Lipinski definition) is 3. The van der Waals surface area contributed by atoms with Gasteiger partial charge in [0.25, 0.3) is 0 Å². The Kier molecular flexibility index (Phi) is 4.74. The molecule has 0 aliphatic carbocycles. The average molecular weight is 228 g/mol. The Labute approximate surface area is 98.1 Å². The van der Waals surface area contributed by atoms with Crippen LogP contribution in [0.25, 0.3) is 0 Å². The van der Waals surface area contributed by atoms with E-state index < -0.39 is 0 Å². The lowest BCUT2D eigenvalue weighted by Gasteiger charge is -2.42. The smallest absolute Gasteiger partial charge is 0.223 e. The van der Waals surface area contributed by atoms with Crippen LogP contribution in [-0.2, 0) is 9.53 Å². The van der Waals surface area contributed by atoms with Crippen molar-refractivity contribution in [2.24, 2.45) is 11.7 Å². The lowest BCUT2D eigenvalue weighted by atomic mass is 9.97. The van der Waals surface area contributed by atoms with Crippen molar-refractivity contribution in [3.63, 3.8) is 0 Å². The summed E-state index contributed by atoms with van der Waals surface area (Å²) in [6.07, 6.45) is 1.53. The fraction of sp³-hybridized carbons (Fsp3) is 0.917.